The lowest BCUT2D eigenvalue weighted by molar-refractivity contribution is 0.879. The van der Waals surface area contributed by atoms with E-state index in [4.69, 9.17) is 0 Å². The Morgan fingerprint density at radius 3 is 3.07 bits per heavy atom. The Labute approximate surface area is 88.5 Å². The molecule has 2 aliphatic rings. The number of fused-ring (bicyclic) bond motifs is 1. The molecular weight excluding hydrogens is 192 g/mol. The highest BCUT2D eigenvalue weighted by Crippen LogP contribution is 2.25. The van der Waals surface area contributed by atoms with Crippen molar-refractivity contribution in [3.63, 3.8) is 0 Å². The molecule has 0 radical (unpaired) electrons. The summed E-state index contributed by atoms with van der Waals surface area (Å²) in [5.41, 5.74) is 4.00. The van der Waals surface area contributed by atoms with Crippen molar-refractivity contribution in [1.82, 2.24) is 4.98 Å². The van der Waals surface area contributed by atoms with E-state index in [-0.39, 0.29) is 0 Å². The highest BCUT2D eigenvalue weighted by Gasteiger charge is 2.18. The van der Waals surface area contributed by atoms with E-state index in [0.717, 1.165) is 0 Å². The fourth-order valence-corrected chi connectivity index (χ4v) is 2.70. The molecule has 0 spiro atoms. The number of nitrogens with zero attached hydrogens (tertiary/aromatic N) is 1. The third kappa shape index (κ3) is 1.50. The van der Waals surface area contributed by atoms with Crippen molar-refractivity contribution in [3.8, 4) is 0 Å². The third-order valence-electron chi connectivity index (χ3n) is 2.93. The molecule has 1 aliphatic heterocycles. The van der Waals surface area contributed by atoms with Gasteiger partial charge in [-0.05, 0) is 30.9 Å². The Morgan fingerprint density at radius 2 is 2.29 bits per heavy atom. The molecule has 1 N–H and O–H groups in total. The summed E-state index contributed by atoms with van der Waals surface area (Å²) in [7, 11) is 0. The van der Waals surface area contributed by atoms with Crippen LogP contribution in [-0.4, -0.2) is 22.5 Å². The van der Waals surface area contributed by atoms with Gasteiger partial charge >= 0.3 is 0 Å². The van der Waals surface area contributed by atoms with Gasteiger partial charge in [0.25, 0.3) is 0 Å². The monoisotopic (exact) mass is 206 g/mol. The zero-order chi connectivity index (χ0) is 9.38. The average molecular weight is 206 g/mol. The van der Waals surface area contributed by atoms with Gasteiger partial charge in [0.05, 0.1) is 11.9 Å². The maximum Gasteiger partial charge on any atom is 0.0532 e. The summed E-state index contributed by atoms with van der Waals surface area (Å²) < 4.78 is 0. The molecule has 3 heteroatoms. The minimum atomic E-state index is 0.682. The van der Waals surface area contributed by atoms with Crippen LogP contribution in [0, 0.1) is 0 Å². The van der Waals surface area contributed by atoms with Crippen molar-refractivity contribution in [3.05, 3.63) is 23.5 Å². The summed E-state index contributed by atoms with van der Waals surface area (Å²) >= 11 is 2.01. The van der Waals surface area contributed by atoms with E-state index in [1.54, 1.807) is 0 Å². The summed E-state index contributed by atoms with van der Waals surface area (Å²) in [5, 5.41) is 3.52. The molecule has 0 bridgehead atoms. The number of aromatic nitrogens is 1. The number of anilines is 1. The van der Waals surface area contributed by atoms with Crippen LogP contribution in [0.2, 0.25) is 0 Å². The summed E-state index contributed by atoms with van der Waals surface area (Å²) in [4.78, 5) is 4.50. The third-order valence-corrected chi connectivity index (χ3v) is 4.20. The molecule has 1 fully saturated rings. The van der Waals surface area contributed by atoms with Crippen LogP contribution in [0.3, 0.4) is 0 Å². The molecule has 0 aromatic carbocycles. The van der Waals surface area contributed by atoms with E-state index < -0.39 is 0 Å². The van der Waals surface area contributed by atoms with E-state index in [1.165, 1.54) is 47.7 Å². The lowest BCUT2D eigenvalue weighted by Crippen LogP contribution is -2.33. The summed E-state index contributed by atoms with van der Waals surface area (Å²) in [6.07, 6.45) is 5.67. The van der Waals surface area contributed by atoms with Gasteiger partial charge in [-0.1, -0.05) is 0 Å². The van der Waals surface area contributed by atoms with E-state index in [2.05, 4.69) is 16.4 Å². The smallest absolute Gasteiger partial charge is 0.0532 e. The molecule has 14 heavy (non-hydrogen) atoms. The van der Waals surface area contributed by atoms with Crippen LogP contribution in [0.15, 0.2) is 12.3 Å². The van der Waals surface area contributed by atoms with Crippen LogP contribution in [0.4, 0.5) is 5.69 Å². The van der Waals surface area contributed by atoms with Gasteiger partial charge < -0.3 is 5.32 Å². The lowest BCUT2D eigenvalue weighted by atomic mass is 10.2. The minimum absolute atomic E-state index is 0.682. The van der Waals surface area contributed by atoms with Gasteiger partial charge in [0.1, 0.15) is 0 Å². The Hall–Kier alpha value is -0.700. The SMILES string of the molecule is c1nc2c(cc1NC1CSC1)CCC2. The standard InChI is InChI=1S/C11H14N2S/c1-2-8-4-9(5-12-11(8)3-1)13-10-6-14-7-10/h4-5,10,13H,1-3,6-7H2. The number of hydrogen-bond acceptors (Lipinski definition) is 3. The average Bonchev–Trinajstić information content (AvgIpc) is 2.58. The van der Waals surface area contributed by atoms with Crippen molar-refractivity contribution >= 4 is 17.4 Å². The molecular formula is C11H14N2S. The van der Waals surface area contributed by atoms with Crippen LogP contribution in [0.1, 0.15) is 17.7 Å². The van der Waals surface area contributed by atoms with Gasteiger partial charge in [0, 0.05) is 23.2 Å². The van der Waals surface area contributed by atoms with Crippen molar-refractivity contribution < 1.29 is 0 Å². The maximum atomic E-state index is 4.50. The predicted octanol–water partition coefficient (Wildman–Crippen LogP) is 2.10. The molecule has 1 aromatic heterocycles. The molecule has 0 amide bonds. The molecule has 74 valence electrons. The van der Waals surface area contributed by atoms with E-state index in [0.29, 0.717) is 6.04 Å². The molecule has 1 aliphatic carbocycles. The normalized spacial score (nSPS) is 20.3. The second-order valence-electron chi connectivity index (χ2n) is 4.06. The predicted molar refractivity (Wildman–Crippen MR) is 61.0 cm³/mol. The van der Waals surface area contributed by atoms with Gasteiger partial charge in [-0.25, -0.2) is 0 Å². The van der Waals surface area contributed by atoms with Crippen LogP contribution in [0.25, 0.3) is 0 Å². The lowest BCUT2D eigenvalue weighted by Gasteiger charge is -2.26. The second-order valence-corrected chi connectivity index (χ2v) is 5.14. The molecule has 3 rings (SSSR count). The number of thioether (sulfide) groups is 1. The van der Waals surface area contributed by atoms with Crippen molar-refractivity contribution in [1.29, 1.82) is 0 Å². The van der Waals surface area contributed by atoms with Gasteiger partial charge in [-0.3, -0.25) is 4.98 Å². The van der Waals surface area contributed by atoms with E-state index >= 15 is 0 Å². The number of pyridine rings is 1. The molecule has 1 aromatic rings. The first-order chi connectivity index (χ1) is 6.92. The maximum absolute atomic E-state index is 4.50. The van der Waals surface area contributed by atoms with Gasteiger partial charge in [-0.15, -0.1) is 0 Å². The summed E-state index contributed by atoms with van der Waals surface area (Å²) in [5.74, 6) is 2.49. The Kier molecular flexibility index (Phi) is 2.13. The van der Waals surface area contributed by atoms with Crippen molar-refractivity contribution in [2.24, 2.45) is 0 Å². The van der Waals surface area contributed by atoms with Gasteiger partial charge in [0.15, 0.2) is 0 Å². The van der Waals surface area contributed by atoms with Crippen molar-refractivity contribution in [2.45, 2.75) is 25.3 Å². The molecule has 1 saturated heterocycles. The molecule has 2 heterocycles. The zero-order valence-corrected chi connectivity index (χ0v) is 8.94. The number of aryl methyl sites for hydroxylation is 2. The molecule has 0 atom stereocenters. The number of nitrogens with one attached hydrogen (secondary N) is 1. The topological polar surface area (TPSA) is 24.9 Å². The fraction of sp³-hybridized carbons (Fsp3) is 0.545. The highest BCUT2D eigenvalue weighted by molar-refractivity contribution is 8.00. The first kappa shape index (κ1) is 8.60. The largest absolute Gasteiger partial charge is 0.379 e. The van der Waals surface area contributed by atoms with Crippen LogP contribution >= 0.6 is 11.8 Å². The Balaban J connectivity index is 1.78. The van der Waals surface area contributed by atoms with Crippen molar-refractivity contribution in [2.75, 3.05) is 16.8 Å². The van der Waals surface area contributed by atoms with Crippen LogP contribution in [0.5, 0.6) is 0 Å². The number of hydrogen-bond donors (Lipinski definition) is 1. The van der Waals surface area contributed by atoms with Gasteiger partial charge in [0.2, 0.25) is 0 Å². The number of rotatable bonds is 2. The summed E-state index contributed by atoms with van der Waals surface area (Å²) in [6.45, 7) is 0. The van der Waals surface area contributed by atoms with Gasteiger partial charge in [-0.2, -0.15) is 11.8 Å². The Morgan fingerprint density at radius 1 is 1.36 bits per heavy atom. The quantitative estimate of drug-likeness (QED) is 0.802. The first-order valence-electron chi connectivity index (χ1n) is 5.24. The molecule has 0 unspecified atom stereocenters. The molecule has 0 saturated carbocycles. The van der Waals surface area contributed by atoms with Crippen LogP contribution < -0.4 is 5.32 Å². The van der Waals surface area contributed by atoms with E-state index in [9.17, 15) is 0 Å². The minimum Gasteiger partial charge on any atom is -0.379 e. The fourth-order valence-electron chi connectivity index (χ4n) is 2.06. The Bertz CT molecular complexity index is 347. The zero-order valence-electron chi connectivity index (χ0n) is 8.12. The first-order valence-corrected chi connectivity index (χ1v) is 6.39. The van der Waals surface area contributed by atoms with Crippen LogP contribution in [-0.2, 0) is 12.8 Å². The van der Waals surface area contributed by atoms with E-state index in [1.807, 2.05) is 18.0 Å². The summed E-state index contributed by atoms with van der Waals surface area (Å²) in [6, 6.07) is 2.97. The molecule has 2 nitrogen and oxygen atoms in total. The second kappa shape index (κ2) is 3.46. The highest BCUT2D eigenvalue weighted by atomic mass is 32.2.